The molecular formula is C18H22FNO4S. The maximum Gasteiger partial charge on any atom is 0.246 e. The van der Waals surface area contributed by atoms with Gasteiger partial charge in [-0.15, -0.1) is 0 Å². The van der Waals surface area contributed by atoms with Gasteiger partial charge in [-0.3, -0.25) is 4.79 Å². The SMILES string of the molecule is O=C(C=Cc1ccc(F)cc1)N(CC1CCCO1)C1CCS(=O)(=O)C1. The summed E-state index contributed by atoms with van der Waals surface area (Å²) in [5, 5.41) is 0. The van der Waals surface area contributed by atoms with Crippen molar-refractivity contribution in [2.45, 2.75) is 31.4 Å². The zero-order chi connectivity index (χ0) is 17.9. The Labute approximate surface area is 147 Å². The highest BCUT2D eigenvalue weighted by atomic mass is 32.2. The van der Waals surface area contributed by atoms with Crippen molar-refractivity contribution in [3.8, 4) is 0 Å². The molecule has 2 unspecified atom stereocenters. The Morgan fingerprint density at radius 3 is 2.64 bits per heavy atom. The molecule has 0 aliphatic carbocycles. The second-order valence-corrected chi connectivity index (χ2v) is 8.80. The molecule has 2 fully saturated rings. The number of rotatable bonds is 5. The molecule has 7 heteroatoms. The summed E-state index contributed by atoms with van der Waals surface area (Å²) >= 11 is 0. The number of hydrogen-bond donors (Lipinski definition) is 0. The molecule has 1 amide bonds. The first kappa shape index (κ1) is 18.1. The van der Waals surface area contributed by atoms with E-state index in [4.69, 9.17) is 4.74 Å². The summed E-state index contributed by atoms with van der Waals surface area (Å²) in [6.07, 6.45) is 5.31. The lowest BCUT2D eigenvalue weighted by Crippen LogP contribution is -2.44. The van der Waals surface area contributed by atoms with Crippen molar-refractivity contribution < 1.29 is 22.3 Å². The molecule has 5 nitrogen and oxygen atoms in total. The Balaban J connectivity index is 1.72. The molecule has 0 saturated carbocycles. The minimum atomic E-state index is -3.08. The van der Waals surface area contributed by atoms with E-state index in [1.807, 2.05) is 0 Å². The summed E-state index contributed by atoms with van der Waals surface area (Å²) in [7, 11) is -3.08. The van der Waals surface area contributed by atoms with Crippen LogP contribution in [0.2, 0.25) is 0 Å². The molecule has 0 N–H and O–H groups in total. The van der Waals surface area contributed by atoms with Gasteiger partial charge >= 0.3 is 0 Å². The molecule has 2 heterocycles. The van der Waals surface area contributed by atoms with Gasteiger partial charge in [-0.1, -0.05) is 12.1 Å². The molecule has 0 aromatic heterocycles. The number of amides is 1. The predicted octanol–water partition coefficient (Wildman–Crippen LogP) is 2.03. The van der Waals surface area contributed by atoms with E-state index in [-0.39, 0.29) is 35.4 Å². The predicted molar refractivity (Wildman–Crippen MR) is 93.2 cm³/mol. The summed E-state index contributed by atoms with van der Waals surface area (Å²) in [6, 6.07) is 5.53. The number of ether oxygens (including phenoxy) is 1. The Hall–Kier alpha value is -1.73. The molecule has 3 rings (SSSR count). The second-order valence-electron chi connectivity index (χ2n) is 6.57. The molecule has 2 aliphatic rings. The highest BCUT2D eigenvalue weighted by Crippen LogP contribution is 2.22. The van der Waals surface area contributed by atoms with E-state index in [2.05, 4.69) is 0 Å². The molecule has 2 atom stereocenters. The summed E-state index contributed by atoms with van der Waals surface area (Å²) in [5.74, 6) is -0.439. The van der Waals surface area contributed by atoms with Crippen molar-refractivity contribution in [3.05, 3.63) is 41.7 Å². The number of hydrogen-bond acceptors (Lipinski definition) is 4. The van der Waals surface area contributed by atoms with Crippen LogP contribution in [0, 0.1) is 5.82 Å². The highest BCUT2D eigenvalue weighted by molar-refractivity contribution is 7.91. The lowest BCUT2D eigenvalue weighted by atomic mass is 10.1. The van der Waals surface area contributed by atoms with Gasteiger partial charge in [-0.05, 0) is 43.0 Å². The van der Waals surface area contributed by atoms with Crippen molar-refractivity contribution in [1.82, 2.24) is 4.90 Å². The number of nitrogens with zero attached hydrogens (tertiary/aromatic N) is 1. The second kappa shape index (κ2) is 7.66. The van der Waals surface area contributed by atoms with Crippen molar-refractivity contribution in [2.75, 3.05) is 24.7 Å². The number of carbonyl (C=O) groups is 1. The average molecular weight is 367 g/mol. The monoisotopic (exact) mass is 367 g/mol. The van der Waals surface area contributed by atoms with Gasteiger partial charge in [0.25, 0.3) is 0 Å². The normalized spacial score (nSPS) is 25.5. The maximum absolute atomic E-state index is 12.9. The largest absolute Gasteiger partial charge is 0.376 e. The van der Waals surface area contributed by atoms with Crippen molar-refractivity contribution in [3.63, 3.8) is 0 Å². The Morgan fingerprint density at radius 1 is 1.28 bits per heavy atom. The van der Waals surface area contributed by atoms with Crippen LogP contribution in [0.1, 0.15) is 24.8 Å². The smallest absolute Gasteiger partial charge is 0.246 e. The molecule has 1 aromatic rings. The van der Waals surface area contributed by atoms with E-state index in [1.54, 1.807) is 23.1 Å². The molecule has 1 aromatic carbocycles. The maximum atomic E-state index is 12.9. The Bertz CT molecular complexity index is 739. The Kier molecular flexibility index (Phi) is 5.54. The van der Waals surface area contributed by atoms with Crippen LogP contribution in [-0.4, -0.2) is 56.0 Å². The average Bonchev–Trinajstić information content (AvgIpc) is 3.21. The van der Waals surface area contributed by atoms with Crippen LogP contribution >= 0.6 is 0 Å². The van der Waals surface area contributed by atoms with E-state index in [1.165, 1.54) is 18.2 Å². The summed E-state index contributed by atoms with van der Waals surface area (Å²) in [6.45, 7) is 1.09. The number of sulfone groups is 1. The van der Waals surface area contributed by atoms with Gasteiger partial charge in [0.15, 0.2) is 9.84 Å². The van der Waals surface area contributed by atoms with Crippen molar-refractivity contribution >= 4 is 21.8 Å². The quantitative estimate of drug-likeness (QED) is 0.747. The zero-order valence-corrected chi connectivity index (χ0v) is 14.8. The van der Waals surface area contributed by atoms with E-state index >= 15 is 0 Å². The molecule has 2 saturated heterocycles. The van der Waals surface area contributed by atoms with Crippen molar-refractivity contribution in [1.29, 1.82) is 0 Å². The third-order valence-electron chi connectivity index (χ3n) is 4.64. The summed E-state index contributed by atoms with van der Waals surface area (Å²) in [5.41, 5.74) is 0.714. The standard InChI is InChI=1S/C18H22FNO4S/c19-15-6-3-14(4-7-15)5-8-18(21)20(12-17-2-1-10-24-17)16-9-11-25(22,23)13-16/h3-8,16-17H,1-2,9-13H2. The lowest BCUT2D eigenvalue weighted by Gasteiger charge is -2.29. The van der Waals surface area contributed by atoms with Crippen LogP contribution in [0.4, 0.5) is 4.39 Å². The molecule has 136 valence electrons. The summed E-state index contributed by atoms with van der Waals surface area (Å²) < 4.78 is 42.1. The van der Waals surface area contributed by atoms with Crippen LogP contribution in [-0.2, 0) is 19.4 Å². The van der Waals surface area contributed by atoms with E-state index in [0.29, 0.717) is 25.1 Å². The third-order valence-corrected chi connectivity index (χ3v) is 6.40. The van der Waals surface area contributed by atoms with Gasteiger partial charge in [0.1, 0.15) is 5.82 Å². The first-order valence-corrected chi connectivity index (χ1v) is 10.3. The fourth-order valence-electron chi connectivity index (χ4n) is 3.29. The minimum absolute atomic E-state index is 0.00977. The summed E-state index contributed by atoms with van der Waals surface area (Å²) in [4.78, 5) is 14.3. The van der Waals surface area contributed by atoms with Gasteiger partial charge in [0.2, 0.25) is 5.91 Å². The van der Waals surface area contributed by atoms with Crippen LogP contribution in [0.5, 0.6) is 0 Å². The van der Waals surface area contributed by atoms with Gasteiger partial charge in [-0.2, -0.15) is 0 Å². The zero-order valence-electron chi connectivity index (χ0n) is 13.9. The molecule has 25 heavy (non-hydrogen) atoms. The molecule has 2 aliphatic heterocycles. The highest BCUT2D eigenvalue weighted by Gasteiger charge is 2.35. The lowest BCUT2D eigenvalue weighted by molar-refractivity contribution is -0.129. The topological polar surface area (TPSA) is 63.7 Å². The van der Waals surface area contributed by atoms with Crippen LogP contribution in [0.3, 0.4) is 0 Å². The van der Waals surface area contributed by atoms with Gasteiger partial charge < -0.3 is 9.64 Å². The Morgan fingerprint density at radius 2 is 2.04 bits per heavy atom. The van der Waals surface area contributed by atoms with Gasteiger partial charge in [0, 0.05) is 25.3 Å². The number of halogens is 1. The fourth-order valence-corrected chi connectivity index (χ4v) is 5.02. The first-order chi connectivity index (χ1) is 11.9. The van der Waals surface area contributed by atoms with E-state index in [0.717, 1.165) is 12.8 Å². The molecule has 0 radical (unpaired) electrons. The van der Waals surface area contributed by atoms with E-state index in [9.17, 15) is 17.6 Å². The van der Waals surface area contributed by atoms with Crippen LogP contribution in [0.25, 0.3) is 6.08 Å². The van der Waals surface area contributed by atoms with E-state index < -0.39 is 9.84 Å². The fraction of sp³-hybridized carbons (Fsp3) is 0.500. The minimum Gasteiger partial charge on any atom is -0.376 e. The van der Waals surface area contributed by atoms with Crippen molar-refractivity contribution in [2.24, 2.45) is 0 Å². The van der Waals surface area contributed by atoms with Crippen LogP contribution in [0.15, 0.2) is 30.3 Å². The first-order valence-electron chi connectivity index (χ1n) is 8.49. The van der Waals surface area contributed by atoms with Gasteiger partial charge in [-0.25, -0.2) is 12.8 Å². The molecule has 0 bridgehead atoms. The van der Waals surface area contributed by atoms with Crippen LogP contribution < -0.4 is 0 Å². The van der Waals surface area contributed by atoms with Gasteiger partial charge in [0.05, 0.1) is 17.6 Å². The number of benzene rings is 1. The molecular weight excluding hydrogens is 345 g/mol. The molecule has 0 spiro atoms. The third kappa shape index (κ3) is 4.89. The number of carbonyl (C=O) groups excluding carboxylic acids is 1.